The summed E-state index contributed by atoms with van der Waals surface area (Å²) in [5, 5.41) is 0. The van der Waals surface area contributed by atoms with Gasteiger partial charge in [-0.3, -0.25) is 9.97 Å². The zero-order valence-corrected chi connectivity index (χ0v) is 11.0. The minimum atomic E-state index is 0.615. The van der Waals surface area contributed by atoms with E-state index in [4.69, 9.17) is 4.42 Å². The zero-order valence-electron chi connectivity index (χ0n) is 11.0. The Balaban J connectivity index is 1.88. The van der Waals surface area contributed by atoms with E-state index in [0.29, 0.717) is 5.89 Å². The van der Waals surface area contributed by atoms with Gasteiger partial charge >= 0.3 is 0 Å². The normalized spacial score (nSPS) is 11.6. The predicted octanol–water partition coefficient (Wildman–Crippen LogP) is 3.69. The minimum Gasteiger partial charge on any atom is -0.444 e. The van der Waals surface area contributed by atoms with Crippen LogP contribution in [0.2, 0.25) is 0 Å². The molecule has 0 saturated heterocycles. The molecule has 0 bridgehead atoms. The highest BCUT2D eigenvalue weighted by Crippen LogP contribution is 2.20. The third kappa shape index (κ3) is 2.64. The third-order valence-electron chi connectivity index (χ3n) is 2.87. The molecule has 0 fully saturated rings. The van der Waals surface area contributed by atoms with Crippen LogP contribution in [0.25, 0.3) is 23.1 Å². The third-order valence-corrected chi connectivity index (χ3v) is 2.87. The van der Waals surface area contributed by atoms with Crippen LogP contribution >= 0.6 is 0 Å². The first kappa shape index (κ1) is 12.3. The SMILES string of the molecule is CC(=Cc1coc(-c2ccccc2)n1)c1cnccn1. The van der Waals surface area contributed by atoms with Crippen LogP contribution in [-0.2, 0) is 0 Å². The van der Waals surface area contributed by atoms with E-state index >= 15 is 0 Å². The molecule has 3 aromatic rings. The minimum absolute atomic E-state index is 0.615. The lowest BCUT2D eigenvalue weighted by molar-refractivity contribution is 0.574. The number of allylic oxidation sites excluding steroid dienone is 1. The molecule has 0 atom stereocenters. The van der Waals surface area contributed by atoms with Crippen LogP contribution in [-0.4, -0.2) is 15.0 Å². The summed E-state index contributed by atoms with van der Waals surface area (Å²) >= 11 is 0. The van der Waals surface area contributed by atoms with E-state index in [9.17, 15) is 0 Å². The average Bonchev–Trinajstić information content (AvgIpc) is 2.97. The highest BCUT2D eigenvalue weighted by atomic mass is 16.3. The predicted molar refractivity (Wildman–Crippen MR) is 77.5 cm³/mol. The molecule has 0 aliphatic rings. The largest absolute Gasteiger partial charge is 0.444 e. The topological polar surface area (TPSA) is 51.8 Å². The van der Waals surface area contributed by atoms with Crippen LogP contribution in [0.3, 0.4) is 0 Å². The van der Waals surface area contributed by atoms with Gasteiger partial charge in [-0.15, -0.1) is 0 Å². The molecule has 2 heterocycles. The monoisotopic (exact) mass is 263 g/mol. The second-order valence-corrected chi connectivity index (χ2v) is 4.36. The molecule has 98 valence electrons. The van der Waals surface area contributed by atoms with Gasteiger partial charge < -0.3 is 4.42 Å². The van der Waals surface area contributed by atoms with Gasteiger partial charge in [0.2, 0.25) is 5.89 Å². The Morgan fingerprint density at radius 2 is 2.00 bits per heavy atom. The van der Waals surface area contributed by atoms with Crippen molar-refractivity contribution in [3.8, 4) is 11.5 Å². The molecule has 0 amide bonds. The standard InChI is InChI=1S/C16H13N3O/c1-12(15-10-17-7-8-18-15)9-14-11-20-16(19-14)13-5-3-2-4-6-13/h2-11H,1H3. The van der Waals surface area contributed by atoms with Crippen molar-refractivity contribution in [3.63, 3.8) is 0 Å². The summed E-state index contributed by atoms with van der Waals surface area (Å²) in [5.41, 5.74) is 3.55. The molecular weight excluding hydrogens is 250 g/mol. The summed E-state index contributed by atoms with van der Waals surface area (Å²) < 4.78 is 5.50. The fourth-order valence-electron chi connectivity index (χ4n) is 1.86. The maximum absolute atomic E-state index is 5.50. The van der Waals surface area contributed by atoms with E-state index in [1.165, 1.54) is 0 Å². The van der Waals surface area contributed by atoms with Crippen LogP contribution in [0.1, 0.15) is 18.3 Å². The van der Waals surface area contributed by atoms with Gasteiger partial charge in [0.25, 0.3) is 0 Å². The molecule has 0 N–H and O–H groups in total. The van der Waals surface area contributed by atoms with E-state index in [-0.39, 0.29) is 0 Å². The average molecular weight is 263 g/mol. The van der Waals surface area contributed by atoms with Gasteiger partial charge in [0.15, 0.2) is 0 Å². The molecule has 0 radical (unpaired) electrons. The Morgan fingerprint density at radius 3 is 2.75 bits per heavy atom. The molecule has 0 aliphatic carbocycles. The van der Waals surface area contributed by atoms with Gasteiger partial charge in [0, 0.05) is 18.0 Å². The molecule has 1 aromatic carbocycles. The molecule has 20 heavy (non-hydrogen) atoms. The zero-order chi connectivity index (χ0) is 13.8. The van der Waals surface area contributed by atoms with Gasteiger partial charge in [-0.2, -0.15) is 0 Å². The Bertz CT molecular complexity index is 718. The Labute approximate surface area is 116 Å². The van der Waals surface area contributed by atoms with Gasteiger partial charge in [-0.1, -0.05) is 18.2 Å². The second-order valence-electron chi connectivity index (χ2n) is 4.36. The van der Waals surface area contributed by atoms with Crippen LogP contribution < -0.4 is 0 Å². The van der Waals surface area contributed by atoms with Gasteiger partial charge in [-0.25, -0.2) is 4.98 Å². The van der Waals surface area contributed by atoms with Crippen LogP contribution in [0, 0.1) is 0 Å². The van der Waals surface area contributed by atoms with Crippen LogP contribution in [0.5, 0.6) is 0 Å². The lowest BCUT2D eigenvalue weighted by Crippen LogP contribution is -1.86. The molecule has 0 saturated carbocycles. The lowest BCUT2D eigenvalue weighted by atomic mass is 10.2. The first-order valence-electron chi connectivity index (χ1n) is 6.28. The molecule has 4 nitrogen and oxygen atoms in total. The Morgan fingerprint density at radius 1 is 1.15 bits per heavy atom. The first-order chi connectivity index (χ1) is 9.83. The lowest BCUT2D eigenvalue weighted by Gasteiger charge is -1.97. The molecule has 3 rings (SSSR count). The highest BCUT2D eigenvalue weighted by Gasteiger charge is 2.05. The molecule has 2 aromatic heterocycles. The van der Waals surface area contributed by atoms with Crippen LogP contribution in [0.15, 0.2) is 59.6 Å². The fourth-order valence-corrected chi connectivity index (χ4v) is 1.86. The number of aromatic nitrogens is 3. The molecule has 0 aliphatic heterocycles. The van der Waals surface area contributed by atoms with Crippen molar-refractivity contribution < 1.29 is 4.42 Å². The molecule has 0 spiro atoms. The summed E-state index contributed by atoms with van der Waals surface area (Å²) in [6.45, 7) is 1.97. The number of benzene rings is 1. The van der Waals surface area contributed by atoms with E-state index in [1.807, 2.05) is 43.3 Å². The number of nitrogens with zero attached hydrogens (tertiary/aromatic N) is 3. The van der Waals surface area contributed by atoms with Gasteiger partial charge in [0.1, 0.15) is 12.0 Å². The van der Waals surface area contributed by atoms with Crippen molar-refractivity contribution in [2.24, 2.45) is 0 Å². The number of hydrogen-bond acceptors (Lipinski definition) is 4. The highest BCUT2D eigenvalue weighted by molar-refractivity contribution is 5.77. The summed E-state index contributed by atoms with van der Waals surface area (Å²) in [6, 6.07) is 9.81. The van der Waals surface area contributed by atoms with E-state index in [0.717, 1.165) is 22.5 Å². The molecule has 0 unspecified atom stereocenters. The molecule has 4 heteroatoms. The number of oxazole rings is 1. The van der Waals surface area contributed by atoms with Crippen LogP contribution in [0.4, 0.5) is 0 Å². The first-order valence-corrected chi connectivity index (χ1v) is 6.28. The van der Waals surface area contributed by atoms with E-state index in [2.05, 4.69) is 15.0 Å². The van der Waals surface area contributed by atoms with Gasteiger partial charge in [0.05, 0.1) is 11.9 Å². The van der Waals surface area contributed by atoms with Crippen molar-refractivity contribution in [1.82, 2.24) is 15.0 Å². The Kier molecular flexibility index (Phi) is 3.37. The number of hydrogen-bond donors (Lipinski definition) is 0. The fraction of sp³-hybridized carbons (Fsp3) is 0.0625. The maximum Gasteiger partial charge on any atom is 0.226 e. The summed E-state index contributed by atoms with van der Waals surface area (Å²) in [5.74, 6) is 0.615. The van der Waals surface area contributed by atoms with Crippen molar-refractivity contribution in [2.45, 2.75) is 6.92 Å². The molecular formula is C16H13N3O. The van der Waals surface area contributed by atoms with Crippen molar-refractivity contribution in [3.05, 3.63) is 66.6 Å². The van der Waals surface area contributed by atoms with E-state index < -0.39 is 0 Å². The van der Waals surface area contributed by atoms with Crippen molar-refractivity contribution in [1.29, 1.82) is 0 Å². The summed E-state index contributed by atoms with van der Waals surface area (Å²) in [7, 11) is 0. The van der Waals surface area contributed by atoms with E-state index in [1.54, 1.807) is 24.9 Å². The maximum atomic E-state index is 5.50. The Hall–Kier alpha value is -2.75. The van der Waals surface area contributed by atoms with Crippen molar-refractivity contribution in [2.75, 3.05) is 0 Å². The summed E-state index contributed by atoms with van der Waals surface area (Å²) in [6.07, 6.45) is 8.62. The quantitative estimate of drug-likeness (QED) is 0.723. The van der Waals surface area contributed by atoms with Gasteiger partial charge in [-0.05, 0) is 30.7 Å². The second kappa shape index (κ2) is 5.48. The smallest absolute Gasteiger partial charge is 0.226 e. The van der Waals surface area contributed by atoms with Crippen molar-refractivity contribution >= 4 is 11.6 Å². The summed E-state index contributed by atoms with van der Waals surface area (Å²) in [4.78, 5) is 12.8. The number of rotatable bonds is 3.